The van der Waals surface area contributed by atoms with Crippen LogP contribution in [0.15, 0.2) is 12.7 Å². The van der Waals surface area contributed by atoms with Crippen LogP contribution >= 0.6 is 11.8 Å². The largest absolute Gasteiger partial charge is 0.329 e. The van der Waals surface area contributed by atoms with E-state index in [1.807, 2.05) is 17.8 Å². The first-order chi connectivity index (χ1) is 5.83. The molecule has 70 valence electrons. The Morgan fingerprint density at radius 2 is 2.50 bits per heavy atom. The standard InChI is InChI=1S/C9H18N2S/c1-2-5-11-9(7-10)4-3-6-12-8-9/h2,11H,1,3-8,10H2. The molecule has 2 nitrogen and oxygen atoms in total. The second-order valence-corrected chi connectivity index (χ2v) is 4.42. The lowest BCUT2D eigenvalue weighted by atomic mass is 9.95. The van der Waals surface area contributed by atoms with Gasteiger partial charge in [0, 0.05) is 24.4 Å². The predicted octanol–water partition coefficient (Wildman–Crippen LogP) is 0.986. The van der Waals surface area contributed by atoms with Crippen LogP contribution in [0, 0.1) is 0 Å². The van der Waals surface area contributed by atoms with Crippen LogP contribution in [-0.2, 0) is 0 Å². The molecule has 3 N–H and O–H groups in total. The molecular weight excluding hydrogens is 168 g/mol. The van der Waals surface area contributed by atoms with E-state index < -0.39 is 0 Å². The van der Waals surface area contributed by atoms with Crippen molar-refractivity contribution in [3.8, 4) is 0 Å². The molecule has 0 aliphatic carbocycles. The van der Waals surface area contributed by atoms with Crippen molar-refractivity contribution in [2.45, 2.75) is 18.4 Å². The quantitative estimate of drug-likeness (QED) is 0.643. The third-order valence-electron chi connectivity index (χ3n) is 2.33. The van der Waals surface area contributed by atoms with E-state index >= 15 is 0 Å². The van der Waals surface area contributed by atoms with Crippen LogP contribution in [0.5, 0.6) is 0 Å². The monoisotopic (exact) mass is 186 g/mol. The lowest BCUT2D eigenvalue weighted by Crippen LogP contribution is -2.54. The fourth-order valence-electron chi connectivity index (χ4n) is 1.51. The normalized spacial score (nSPS) is 30.1. The molecular formula is C9H18N2S. The Labute approximate surface area is 79.0 Å². The summed E-state index contributed by atoms with van der Waals surface area (Å²) in [5.74, 6) is 2.44. The predicted molar refractivity (Wildman–Crippen MR) is 56.5 cm³/mol. The average molecular weight is 186 g/mol. The summed E-state index contributed by atoms with van der Waals surface area (Å²) in [5.41, 5.74) is 5.96. The highest BCUT2D eigenvalue weighted by atomic mass is 32.2. The van der Waals surface area contributed by atoms with Crippen molar-refractivity contribution in [3.63, 3.8) is 0 Å². The summed E-state index contributed by atoms with van der Waals surface area (Å²) >= 11 is 2.00. The van der Waals surface area contributed by atoms with Gasteiger partial charge < -0.3 is 11.1 Å². The van der Waals surface area contributed by atoms with Gasteiger partial charge in [-0.05, 0) is 18.6 Å². The molecule has 3 heteroatoms. The summed E-state index contributed by atoms with van der Waals surface area (Å²) in [6.45, 7) is 5.32. The van der Waals surface area contributed by atoms with E-state index in [4.69, 9.17) is 5.73 Å². The fraction of sp³-hybridized carbons (Fsp3) is 0.778. The van der Waals surface area contributed by atoms with E-state index in [9.17, 15) is 0 Å². The summed E-state index contributed by atoms with van der Waals surface area (Å²) in [7, 11) is 0. The summed E-state index contributed by atoms with van der Waals surface area (Å²) in [4.78, 5) is 0. The molecule has 0 aromatic rings. The molecule has 0 aromatic heterocycles. The summed E-state index contributed by atoms with van der Waals surface area (Å²) in [6, 6.07) is 0. The van der Waals surface area contributed by atoms with Gasteiger partial charge in [0.2, 0.25) is 0 Å². The maximum Gasteiger partial charge on any atom is 0.0398 e. The van der Waals surface area contributed by atoms with Crippen molar-refractivity contribution < 1.29 is 0 Å². The van der Waals surface area contributed by atoms with Crippen molar-refractivity contribution in [1.29, 1.82) is 0 Å². The summed E-state index contributed by atoms with van der Waals surface area (Å²) in [5, 5.41) is 3.47. The van der Waals surface area contributed by atoms with Crippen LogP contribution in [-0.4, -0.2) is 30.1 Å². The highest BCUT2D eigenvalue weighted by Gasteiger charge is 2.29. The second-order valence-electron chi connectivity index (χ2n) is 3.31. The lowest BCUT2D eigenvalue weighted by molar-refractivity contribution is 0.352. The third-order valence-corrected chi connectivity index (χ3v) is 3.67. The fourth-order valence-corrected chi connectivity index (χ4v) is 2.76. The van der Waals surface area contributed by atoms with Gasteiger partial charge in [0.25, 0.3) is 0 Å². The number of hydrogen-bond donors (Lipinski definition) is 2. The first kappa shape index (κ1) is 10.1. The number of rotatable bonds is 4. The highest BCUT2D eigenvalue weighted by molar-refractivity contribution is 7.99. The van der Waals surface area contributed by atoms with Gasteiger partial charge in [-0.25, -0.2) is 0 Å². The van der Waals surface area contributed by atoms with Crippen molar-refractivity contribution in [3.05, 3.63) is 12.7 Å². The van der Waals surface area contributed by atoms with E-state index in [2.05, 4.69) is 11.9 Å². The van der Waals surface area contributed by atoms with Gasteiger partial charge in [0.05, 0.1) is 0 Å². The van der Waals surface area contributed by atoms with E-state index in [0.29, 0.717) is 0 Å². The molecule has 1 aliphatic heterocycles. The molecule has 0 saturated carbocycles. The molecule has 0 spiro atoms. The van der Waals surface area contributed by atoms with E-state index in [-0.39, 0.29) is 5.54 Å². The minimum atomic E-state index is 0.192. The number of thioether (sulfide) groups is 1. The van der Waals surface area contributed by atoms with E-state index in [0.717, 1.165) is 18.8 Å². The van der Waals surface area contributed by atoms with Crippen molar-refractivity contribution in [2.75, 3.05) is 24.6 Å². The SMILES string of the molecule is C=CCNC1(CN)CCCSC1. The molecule has 0 amide bonds. The van der Waals surface area contributed by atoms with Crippen LogP contribution in [0.1, 0.15) is 12.8 Å². The Hall–Kier alpha value is 0.0100. The maximum atomic E-state index is 5.77. The van der Waals surface area contributed by atoms with Crippen LogP contribution in [0.2, 0.25) is 0 Å². The minimum Gasteiger partial charge on any atom is -0.329 e. The third kappa shape index (κ3) is 2.51. The molecule has 1 atom stereocenters. The van der Waals surface area contributed by atoms with Gasteiger partial charge in [-0.1, -0.05) is 6.08 Å². The topological polar surface area (TPSA) is 38.0 Å². The zero-order valence-corrected chi connectivity index (χ0v) is 8.33. The second kappa shape index (κ2) is 4.90. The van der Waals surface area contributed by atoms with Gasteiger partial charge in [-0.15, -0.1) is 6.58 Å². The Kier molecular flexibility index (Phi) is 4.12. The van der Waals surface area contributed by atoms with Gasteiger partial charge in [0.1, 0.15) is 0 Å². The number of hydrogen-bond acceptors (Lipinski definition) is 3. The Morgan fingerprint density at radius 1 is 1.67 bits per heavy atom. The first-order valence-electron chi connectivity index (χ1n) is 4.47. The molecule has 0 radical (unpaired) electrons. The smallest absolute Gasteiger partial charge is 0.0398 e. The minimum absolute atomic E-state index is 0.192. The molecule has 0 bridgehead atoms. The van der Waals surface area contributed by atoms with Crippen LogP contribution < -0.4 is 11.1 Å². The van der Waals surface area contributed by atoms with Gasteiger partial charge in [0.15, 0.2) is 0 Å². The summed E-state index contributed by atoms with van der Waals surface area (Å²) < 4.78 is 0. The van der Waals surface area contributed by atoms with Gasteiger partial charge in [-0.3, -0.25) is 0 Å². The van der Waals surface area contributed by atoms with Crippen LogP contribution in [0.25, 0.3) is 0 Å². The molecule has 1 aliphatic rings. The molecule has 1 rings (SSSR count). The first-order valence-corrected chi connectivity index (χ1v) is 5.62. The lowest BCUT2D eigenvalue weighted by Gasteiger charge is -2.36. The summed E-state index contributed by atoms with van der Waals surface area (Å²) in [6.07, 6.45) is 4.40. The van der Waals surface area contributed by atoms with Crippen molar-refractivity contribution in [2.24, 2.45) is 5.73 Å². The Morgan fingerprint density at radius 3 is 3.00 bits per heavy atom. The average Bonchev–Trinajstić information content (AvgIpc) is 2.16. The molecule has 12 heavy (non-hydrogen) atoms. The van der Waals surface area contributed by atoms with Crippen LogP contribution in [0.4, 0.5) is 0 Å². The highest BCUT2D eigenvalue weighted by Crippen LogP contribution is 2.25. The van der Waals surface area contributed by atoms with E-state index in [1.165, 1.54) is 18.6 Å². The van der Waals surface area contributed by atoms with Crippen molar-refractivity contribution >= 4 is 11.8 Å². The number of nitrogens with two attached hydrogens (primary N) is 1. The van der Waals surface area contributed by atoms with E-state index in [1.54, 1.807) is 0 Å². The van der Waals surface area contributed by atoms with Gasteiger partial charge >= 0.3 is 0 Å². The Bertz CT molecular complexity index is 141. The molecule has 0 aromatic carbocycles. The maximum absolute atomic E-state index is 5.77. The number of nitrogens with one attached hydrogen (secondary N) is 1. The van der Waals surface area contributed by atoms with Crippen molar-refractivity contribution in [1.82, 2.24) is 5.32 Å². The zero-order valence-electron chi connectivity index (χ0n) is 7.51. The molecule has 1 heterocycles. The van der Waals surface area contributed by atoms with Gasteiger partial charge in [-0.2, -0.15) is 11.8 Å². The van der Waals surface area contributed by atoms with Crippen LogP contribution in [0.3, 0.4) is 0 Å². The Balaban J connectivity index is 2.41. The zero-order chi connectivity index (χ0) is 8.86. The molecule has 1 unspecified atom stereocenters. The molecule has 1 fully saturated rings. The molecule has 1 saturated heterocycles.